The van der Waals surface area contributed by atoms with E-state index in [1.807, 2.05) is 12.1 Å². The molecule has 0 saturated carbocycles. The molecular weight excluding hydrogens is 458 g/mol. The van der Waals surface area contributed by atoms with Gasteiger partial charge in [0, 0.05) is 32.4 Å². The molecule has 2 fully saturated rings. The molecule has 1 amide bonds. The van der Waals surface area contributed by atoms with Gasteiger partial charge >= 0.3 is 0 Å². The highest BCUT2D eigenvalue weighted by Crippen LogP contribution is 2.34. The summed E-state index contributed by atoms with van der Waals surface area (Å²) >= 11 is 6.65. The van der Waals surface area contributed by atoms with Crippen molar-refractivity contribution in [3.05, 3.63) is 69.4 Å². The summed E-state index contributed by atoms with van der Waals surface area (Å²) in [7, 11) is 0. The Morgan fingerprint density at radius 1 is 1.15 bits per heavy atom. The lowest BCUT2D eigenvalue weighted by molar-refractivity contribution is -0.122. The summed E-state index contributed by atoms with van der Waals surface area (Å²) in [4.78, 5) is 37.9. The van der Waals surface area contributed by atoms with Crippen LogP contribution in [0.5, 0.6) is 0 Å². The quantitative estimate of drug-likeness (QED) is 0.407. The fourth-order valence-electron chi connectivity index (χ4n) is 4.06. The monoisotopic (exact) mass is 481 g/mol. The largest absolute Gasteiger partial charge is 0.467 e. The second-order valence-corrected chi connectivity index (χ2v) is 9.53. The number of amides is 1. The van der Waals surface area contributed by atoms with Gasteiger partial charge in [0.05, 0.1) is 23.3 Å². The number of hydrogen-bond acceptors (Lipinski definition) is 8. The second-order valence-electron chi connectivity index (χ2n) is 7.85. The molecule has 3 aromatic rings. The molecule has 3 aromatic heterocycles. The van der Waals surface area contributed by atoms with E-state index in [0.29, 0.717) is 32.0 Å². The lowest BCUT2D eigenvalue weighted by Crippen LogP contribution is -2.47. The van der Waals surface area contributed by atoms with Crippen LogP contribution in [0.2, 0.25) is 0 Å². The number of likely N-dealkylation sites (N-methyl/N-ethyl adjacent to an activating group) is 1. The first-order chi connectivity index (χ1) is 16.0. The average molecular weight is 482 g/mol. The number of carbonyl (C=O) groups is 1. The number of anilines is 1. The third kappa shape index (κ3) is 4.21. The van der Waals surface area contributed by atoms with Crippen molar-refractivity contribution in [2.75, 3.05) is 37.6 Å². The number of furan rings is 1. The summed E-state index contributed by atoms with van der Waals surface area (Å²) in [6.45, 7) is 6.73. The van der Waals surface area contributed by atoms with Crippen LogP contribution in [-0.4, -0.2) is 62.1 Å². The summed E-state index contributed by atoms with van der Waals surface area (Å²) in [5.74, 6) is 1.02. The third-order valence-electron chi connectivity index (χ3n) is 5.91. The molecule has 0 aromatic carbocycles. The second kappa shape index (κ2) is 9.12. The minimum absolute atomic E-state index is 0.204. The Morgan fingerprint density at radius 3 is 2.70 bits per heavy atom. The fraction of sp³-hybridized carbons (Fsp3) is 0.304. The predicted molar refractivity (Wildman–Crippen MR) is 133 cm³/mol. The van der Waals surface area contributed by atoms with Crippen molar-refractivity contribution in [1.82, 2.24) is 19.2 Å². The molecule has 2 aliphatic heterocycles. The molecule has 0 atom stereocenters. The molecule has 33 heavy (non-hydrogen) atoms. The molecule has 2 saturated heterocycles. The fourth-order valence-corrected chi connectivity index (χ4v) is 5.30. The Labute approximate surface area is 200 Å². The number of fused-ring (bicyclic) bond motifs is 1. The van der Waals surface area contributed by atoms with Crippen LogP contribution in [0.3, 0.4) is 0 Å². The maximum Gasteiger partial charge on any atom is 0.267 e. The van der Waals surface area contributed by atoms with Gasteiger partial charge in [-0.2, -0.15) is 0 Å². The molecule has 2 aliphatic rings. The molecule has 0 radical (unpaired) electrons. The van der Waals surface area contributed by atoms with Crippen LogP contribution in [0.4, 0.5) is 5.82 Å². The number of nitrogens with zero attached hydrogens (tertiary/aromatic N) is 5. The minimum Gasteiger partial charge on any atom is -0.467 e. The van der Waals surface area contributed by atoms with Crippen molar-refractivity contribution in [3.8, 4) is 0 Å². The Bertz CT molecular complexity index is 1290. The molecule has 0 spiro atoms. The topological polar surface area (TPSA) is 74.3 Å². The molecule has 0 bridgehead atoms. The maximum atomic E-state index is 13.5. The van der Waals surface area contributed by atoms with Gasteiger partial charge in [-0.25, -0.2) is 4.98 Å². The van der Waals surface area contributed by atoms with Crippen LogP contribution in [-0.2, 0) is 11.3 Å². The van der Waals surface area contributed by atoms with Gasteiger partial charge < -0.3 is 14.2 Å². The molecule has 5 heterocycles. The first-order valence-corrected chi connectivity index (χ1v) is 12.0. The van der Waals surface area contributed by atoms with Crippen molar-refractivity contribution >= 4 is 51.7 Å². The van der Waals surface area contributed by atoms with E-state index in [1.54, 1.807) is 36.7 Å². The zero-order chi connectivity index (χ0) is 22.9. The first kappa shape index (κ1) is 21.9. The number of piperazine rings is 1. The average Bonchev–Trinajstić information content (AvgIpc) is 3.45. The molecule has 0 unspecified atom stereocenters. The summed E-state index contributed by atoms with van der Waals surface area (Å²) in [5, 5.41) is 0. The van der Waals surface area contributed by atoms with Crippen molar-refractivity contribution in [1.29, 1.82) is 0 Å². The van der Waals surface area contributed by atoms with Crippen molar-refractivity contribution in [2.24, 2.45) is 0 Å². The number of aromatic nitrogens is 2. The number of carbonyl (C=O) groups excluding carboxylic acids is 1. The summed E-state index contributed by atoms with van der Waals surface area (Å²) in [6, 6.07) is 9.05. The highest BCUT2D eigenvalue weighted by Gasteiger charge is 2.33. The maximum absolute atomic E-state index is 13.5. The normalized spacial score (nSPS) is 18.8. The van der Waals surface area contributed by atoms with Gasteiger partial charge in [0.25, 0.3) is 11.5 Å². The van der Waals surface area contributed by atoms with E-state index in [4.69, 9.17) is 21.6 Å². The summed E-state index contributed by atoms with van der Waals surface area (Å²) in [5.41, 5.74) is 0.782. The highest BCUT2D eigenvalue weighted by atomic mass is 32.2. The van der Waals surface area contributed by atoms with Gasteiger partial charge in [0.1, 0.15) is 21.5 Å². The Morgan fingerprint density at radius 2 is 1.97 bits per heavy atom. The Hall–Kier alpha value is -2.95. The van der Waals surface area contributed by atoms with Gasteiger partial charge in [-0.1, -0.05) is 37.0 Å². The van der Waals surface area contributed by atoms with E-state index in [0.717, 1.165) is 32.7 Å². The van der Waals surface area contributed by atoms with Crippen LogP contribution in [0, 0.1) is 0 Å². The molecular formula is C23H23N5O3S2. The standard InChI is InChI=1S/C23H23N5O3S2/c1-2-25-9-11-26(12-10-25)20-17(21(29)27-8-4-3-7-19(27)24-20)14-18-22(30)28(23(32)33-18)15-16-6-5-13-31-16/h3-8,13-14H,2,9-12,15H2,1H3/b18-14+. The van der Waals surface area contributed by atoms with Crippen molar-refractivity contribution in [3.63, 3.8) is 0 Å². The van der Waals surface area contributed by atoms with E-state index < -0.39 is 0 Å². The Balaban J connectivity index is 1.55. The van der Waals surface area contributed by atoms with Crippen LogP contribution in [0.25, 0.3) is 11.7 Å². The summed E-state index contributed by atoms with van der Waals surface area (Å²) in [6.07, 6.45) is 4.91. The molecule has 170 valence electrons. The first-order valence-electron chi connectivity index (χ1n) is 10.8. The molecule has 0 aliphatic carbocycles. The van der Waals surface area contributed by atoms with E-state index in [-0.39, 0.29) is 18.0 Å². The van der Waals surface area contributed by atoms with Crippen LogP contribution < -0.4 is 10.5 Å². The van der Waals surface area contributed by atoms with Gasteiger partial charge in [0.15, 0.2) is 0 Å². The molecule has 0 N–H and O–H groups in total. The lowest BCUT2D eigenvalue weighted by atomic mass is 10.2. The van der Waals surface area contributed by atoms with E-state index >= 15 is 0 Å². The van der Waals surface area contributed by atoms with Crippen molar-refractivity contribution in [2.45, 2.75) is 13.5 Å². The number of thioether (sulfide) groups is 1. The van der Waals surface area contributed by atoms with Crippen LogP contribution in [0.15, 0.2) is 56.9 Å². The number of pyridine rings is 1. The predicted octanol–water partition coefficient (Wildman–Crippen LogP) is 2.83. The lowest BCUT2D eigenvalue weighted by Gasteiger charge is -2.35. The number of rotatable bonds is 5. The Kier molecular flexibility index (Phi) is 6.05. The number of thiocarbonyl (C=S) groups is 1. The molecule has 5 rings (SSSR count). The molecule has 8 nitrogen and oxygen atoms in total. The van der Waals surface area contributed by atoms with Gasteiger partial charge in [0.2, 0.25) is 0 Å². The molecule has 10 heteroatoms. The van der Waals surface area contributed by atoms with Gasteiger partial charge in [-0.15, -0.1) is 0 Å². The summed E-state index contributed by atoms with van der Waals surface area (Å²) < 4.78 is 7.33. The van der Waals surface area contributed by atoms with Crippen LogP contribution in [0.1, 0.15) is 18.2 Å². The smallest absolute Gasteiger partial charge is 0.267 e. The van der Waals surface area contributed by atoms with E-state index in [2.05, 4.69) is 16.7 Å². The third-order valence-corrected chi connectivity index (χ3v) is 7.29. The zero-order valence-corrected chi connectivity index (χ0v) is 19.8. The highest BCUT2D eigenvalue weighted by molar-refractivity contribution is 8.26. The van der Waals surface area contributed by atoms with E-state index in [9.17, 15) is 9.59 Å². The number of hydrogen-bond donors (Lipinski definition) is 0. The SMILES string of the molecule is CCN1CCN(c2nc3ccccn3c(=O)c2/C=C2/SC(=S)N(Cc3ccco3)C2=O)CC1. The van der Waals surface area contributed by atoms with Crippen LogP contribution >= 0.6 is 24.0 Å². The van der Waals surface area contributed by atoms with Crippen molar-refractivity contribution < 1.29 is 9.21 Å². The van der Waals surface area contributed by atoms with Gasteiger partial charge in [-0.3, -0.25) is 18.9 Å². The van der Waals surface area contributed by atoms with Gasteiger partial charge in [-0.05, 0) is 36.9 Å². The zero-order valence-electron chi connectivity index (χ0n) is 18.1. The van der Waals surface area contributed by atoms with E-state index in [1.165, 1.54) is 21.1 Å². The minimum atomic E-state index is -0.235.